The Balaban J connectivity index is 1.57. The van der Waals surface area contributed by atoms with Crippen LogP contribution in [0.5, 0.6) is 11.5 Å². The molecule has 1 heterocycles. The topological polar surface area (TPSA) is 105 Å². The van der Waals surface area contributed by atoms with E-state index in [2.05, 4.69) is 5.32 Å². The predicted octanol–water partition coefficient (Wildman–Crippen LogP) is 4.18. The Kier molecular flexibility index (Phi) is 9.44. The molecule has 0 aliphatic carbocycles. The first-order chi connectivity index (χ1) is 21.3. The highest BCUT2D eigenvalue weighted by Crippen LogP contribution is 2.36. The van der Waals surface area contributed by atoms with Crippen molar-refractivity contribution < 1.29 is 31.9 Å². The molecule has 0 bridgehead atoms. The fourth-order valence-corrected chi connectivity index (χ4v) is 6.37. The number of sulfonamides is 1. The number of nitrogens with one attached hydrogen (secondary N) is 1. The van der Waals surface area contributed by atoms with Gasteiger partial charge in [0.15, 0.2) is 11.5 Å². The zero-order chi connectivity index (χ0) is 31.1. The average Bonchev–Trinajstić information content (AvgIpc) is 3.06. The first kappa shape index (κ1) is 30.6. The van der Waals surface area contributed by atoms with E-state index in [4.69, 9.17) is 9.47 Å². The van der Waals surface area contributed by atoms with Crippen LogP contribution in [0.25, 0.3) is 0 Å². The smallest absolute Gasteiger partial charge is 0.264 e. The summed E-state index contributed by atoms with van der Waals surface area (Å²) < 4.78 is 54.2. The zero-order valence-electron chi connectivity index (χ0n) is 24.1. The van der Waals surface area contributed by atoms with Gasteiger partial charge in [-0.1, -0.05) is 60.7 Å². The fraction of sp³-hybridized carbons (Fsp3) is 0.212. The van der Waals surface area contributed by atoms with E-state index < -0.39 is 40.2 Å². The normalized spacial score (nSPS) is 13.0. The lowest BCUT2D eigenvalue weighted by molar-refractivity contribution is -0.139. The van der Waals surface area contributed by atoms with Gasteiger partial charge in [0.05, 0.1) is 10.6 Å². The molecular formula is C33H32FN3O6S. The molecule has 4 aromatic rings. The van der Waals surface area contributed by atoms with Gasteiger partial charge in [0.2, 0.25) is 11.8 Å². The third-order valence-electron chi connectivity index (χ3n) is 7.21. The fourth-order valence-electron chi connectivity index (χ4n) is 4.94. The van der Waals surface area contributed by atoms with Crippen molar-refractivity contribution >= 4 is 27.5 Å². The van der Waals surface area contributed by atoms with Gasteiger partial charge in [-0.15, -0.1) is 0 Å². The van der Waals surface area contributed by atoms with Gasteiger partial charge in [0, 0.05) is 26.1 Å². The van der Waals surface area contributed by atoms with Crippen molar-refractivity contribution in [2.75, 3.05) is 31.1 Å². The van der Waals surface area contributed by atoms with E-state index in [-0.39, 0.29) is 23.5 Å². The van der Waals surface area contributed by atoms with Crippen LogP contribution in [0, 0.1) is 5.82 Å². The van der Waals surface area contributed by atoms with Crippen LogP contribution in [0.15, 0.2) is 108 Å². The maximum Gasteiger partial charge on any atom is 0.264 e. The highest BCUT2D eigenvalue weighted by atomic mass is 32.2. The first-order valence-corrected chi connectivity index (χ1v) is 15.5. The third kappa shape index (κ3) is 7.00. The Hall–Kier alpha value is -4.90. The number of halogens is 1. The molecule has 5 rings (SSSR count). The summed E-state index contributed by atoms with van der Waals surface area (Å²) in [5.41, 5.74) is 1.56. The summed E-state index contributed by atoms with van der Waals surface area (Å²) in [7, 11) is -2.78. The van der Waals surface area contributed by atoms with Gasteiger partial charge < -0.3 is 19.7 Å². The molecule has 2 amide bonds. The van der Waals surface area contributed by atoms with Gasteiger partial charge in [0.1, 0.15) is 31.6 Å². The van der Waals surface area contributed by atoms with Crippen LogP contribution in [-0.4, -0.2) is 58.0 Å². The van der Waals surface area contributed by atoms with E-state index in [1.807, 2.05) is 30.3 Å². The summed E-state index contributed by atoms with van der Waals surface area (Å²) in [5, 5.41) is 2.64. The van der Waals surface area contributed by atoms with Gasteiger partial charge in [-0.3, -0.25) is 13.9 Å². The van der Waals surface area contributed by atoms with Crippen LogP contribution in [0.3, 0.4) is 0 Å². The molecule has 1 aliphatic heterocycles. The molecule has 4 aromatic carbocycles. The number of fused-ring (bicyclic) bond motifs is 1. The summed E-state index contributed by atoms with van der Waals surface area (Å²) >= 11 is 0. The molecule has 1 atom stereocenters. The summed E-state index contributed by atoms with van der Waals surface area (Å²) in [6.45, 7) is -0.0399. The van der Waals surface area contributed by atoms with Gasteiger partial charge in [-0.25, -0.2) is 12.8 Å². The molecule has 0 radical (unpaired) electrons. The molecule has 0 aromatic heterocycles. The van der Waals surface area contributed by atoms with E-state index in [9.17, 15) is 22.4 Å². The van der Waals surface area contributed by atoms with Crippen molar-refractivity contribution in [2.24, 2.45) is 0 Å². The van der Waals surface area contributed by atoms with Crippen molar-refractivity contribution in [1.82, 2.24) is 10.2 Å². The number of benzene rings is 4. The van der Waals surface area contributed by atoms with E-state index in [0.717, 1.165) is 9.87 Å². The minimum absolute atomic E-state index is 0.0140. The summed E-state index contributed by atoms with van der Waals surface area (Å²) in [5.74, 6) is -0.694. The molecule has 9 nitrogen and oxygen atoms in total. The molecule has 228 valence electrons. The van der Waals surface area contributed by atoms with Crippen molar-refractivity contribution in [3.63, 3.8) is 0 Å². The highest BCUT2D eigenvalue weighted by Gasteiger charge is 2.34. The molecule has 44 heavy (non-hydrogen) atoms. The molecule has 0 unspecified atom stereocenters. The summed E-state index contributed by atoms with van der Waals surface area (Å²) in [6.07, 6.45) is 0.170. The third-order valence-corrected chi connectivity index (χ3v) is 9.00. The number of ether oxygens (including phenoxy) is 2. The second-order valence-corrected chi connectivity index (χ2v) is 12.0. The second-order valence-electron chi connectivity index (χ2n) is 10.1. The number of hydrogen-bond acceptors (Lipinski definition) is 6. The largest absolute Gasteiger partial charge is 0.486 e. The molecule has 0 spiro atoms. The predicted molar refractivity (Wildman–Crippen MR) is 163 cm³/mol. The van der Waals surface area contributed by atoms with E-state index >= 15 is 0 Å². The van der Waals surface area contributed by atoms with Crippen molar-refractivity contribution in [1.29, 1.82) is 0 Å². The van der Waals surface area contributed by atoms with Crippen LogP contribution in [-0.2, 0) is 32.6 Å². The van der Waals surface area contributed by atoms with Crippen molar-refractivity contribution in [2.45, 2.75) is 23.9 Å². The minimum Gasteiger partial charge on any atom is -0.486 e. The van der Waals surface area contributed by atoms with E-state index in [0.29, 0.717) is 30.3 Å². The van der Waals surface area contributed by atoms with Gasteiger partial charge in [0.25, 0.3) is 10.0 Å². The Labute approximate surface area is 255 Å². The lowest BCUT2D eigenvalue weighted by Gasteiger charge is -2.33. The average molecular weight is 618 g/mol. The van der Waals surface area contributed by atoms with Crippen molar-refractivity contribution in [3.8, 4) is 11.5 Å². The highest BCUT2D eigenvalue weighted by molar-refractivity contribution is 7.92. The number of carbonyl (C=O) groups excluding carboxylic acids is 2. The number of amides is 2. The van der Waals surface area contributed by atoms with E-state index in [1.54, 1.807) is 30.3 Å². The Bertz CT molecular complexity index is 1700. The molecule has 1 N–H and O–H groups in total. The minimum atomic E-state index is -4.26. The molecule has 0 fully saturated rings. The molecule has 0 saturated carbocycles. The Morgan fingerprint density at radius 3 is 2.14 bits per heavy atom. The standard InChI is InChI=1S/C33H32FN3O6S/c1-35-33(39)29(20-24-8-4-2-5-9-24)36(22-25-12-14-26(34)15-13-25)32(38)23-37(44(40,41)28-10-6-3-7-11-28)27-16-17-30-31(21-27)43-19-18-42-30/h2-17,21,29H,18-20,22-23H2,1H3,(H,35,39)/t29-/m1/s1. The molecule has 11 heteroatoms. The van der Waals surface area contributed by atoms with Crippen LogP contribution in [0.4, 0.5) is 10.1 Å². The van der Waals surface area contributed by atoms with Gasteiger partial charge in [-0.05, 0) is 47.5 Å². The number of likely N-dealkylation sites (N-methyl/N-ethyl adjacent to an activating group) is 1. The van der Waals surface area contributed by atoms with Crippen LogP contribution >= 0.6 is 0 Å². The number of nitrogens with zero attached hydrogens (tertiary/aromatic N) is 2. The van der Waals surface area contributed by atoms with Crippen LogP contribution in [0.2, 0.25) is 0 Å². The molecular weight excluding hydrogens is 585 g/mol. The summed E-state index contributed by atoms with van der Waals surface area (Å²) in [4.78, 5) is 29.0. The van der Waals surface area contributed by atoms with E-state index in [1.165, 1.54) is 54.4 Å². The maximum absolute atomic E-state index is 14.3. The lowest BCUT2D eigenvalue weighted by Crippen LogP contribution is -2.53. The number of hydrogen-bond donors (Lipinski definition) is 1. The molecule has 0 saturated heterocycles. The van der Waals surface area contributed by atoms with Crippen molar-refractivity contribution in [3.05, 3.63) is 120 Å². The number of rotatable bonds is 11. The quantitative estimate of drug-likeness (QED) is 0.271. The SMILES string of the molecule is CNC(=O)[C@@H](Cc1ccccc1)N(Cc1ccc(F)cc1)C(=O)CN(c1ccc2c(c1)OCCO2)S(=O)(=O)c1ccccc1. The Morgan fingerprint density at radius 2 is 1.48 bits per heavy atom. The second kappa shape index (κ2) is 13.6. The van der Waals surface area contributed by atoms with Crippen LogP contribution in [0.1, 0.15) is 11.1 Å². The lowest BCUT2D eigenvalue weighted by atomic mass is 10.0. The Morgan fingerprint density at radius 1 is 0.841 bits per heavy atom. The first-order valence-electron chi connectivity index (χ1n) is 14.0. The van der Waals surface area contributed by atoms with Crippen LogP contribution < -0.4 is 19.1 Å². The summed E-state index contributed by atoms with van der Waals surface area (Å²) in [6, 6.07) is 26.2. The molecule has 1 aliphatic rings. The number of carbonyl (C=O) groups is 2. The van der Waals surface area contributed by atoms with Gasteiger partial charge in [-0.2, -0.15) is 0 Å². The number of anilines is 1. The van der Waals surface area contributed by atoms with Gasteiger partial charge >= 0.3 is 0 Å². The monoisotopic (exact) mass is 617 g/mol. The zero-order valence-corrected chi connectivity index (χ0v) is 24.9. The maximum atomic E-state index is 14.3.